The monoisotopic (exact) mass is 409 g/mol. The van der Waals surface area contributed by atoms with Crippen LogP contribution in [0.4, 0.5) is 0 Å². The Bertz CT molecular complexity index is 965. The molecule has 0 aliphatic rings. The Kier molecular flexibility index (Phi) is 7.75. The van der Waals surface area contributed by atoms with E-state index in [0.29, 0.717) is 5.75 Å². The third kappa shape index (κ3) is 5.70. The third-order valence-electron chi connectivity index (χ3n) is 4.59. The van der Waals surface area contributed by atoms with Crippen molar-refractivity contribution in [3.8, 4) is 5.75 Å². The van der Waals surface area contributed by atoms with E-state index in [1.54, 1.807) is 32.2 Å². The number of ether oxygens (including phenoxy) is 1. The molecule has 0 aliphatic carbocycles. The maximum Gasteiger partial charge on any atom is 0.335 e. The van der Waals surface area contributed by atoms with Crippen LogP contribution < -0.4 is 15.4 Å². The Morgan fingerprint density at radius 1 is 1.17 bits per heavy atom. The average molecular weight is 409 g/mol. The zero-order valence-corrected chi connectivity index (χ0v) is 17.6. The van der Waals surface area contributed by atoms with Gasteiger partial charge in [-0.2, -0.15) is 0 Å². The van der Waals surface area contributed by atoms with E-state index in [1.165, 1.54) is 19.1 Å². The molecule has 30 heavy (non-hydrogen) atoms. The van der Waals surface area contributed by atoms with Gasteiger partial charge in [0.25, 0.3) is 5.91 Å². The van der Waals surface area contributed by atoms with Crippen molar-refractivity contribution in [1.82, 2.24) is 10.6 Å². The highest BCUT2D eigenvalue weighted by atomic mass is 16.5. The number of hydrogen-bond acceptors (Lipinski definition) is 5. The van der Waals surface area contributed by atoms with E-state index < -0.39 is 17.9 Å². The lowest BCUT2D eigenvalue weighted by molar-refractivity contribution is -0.117. The fourth-order valence-corrected chi connectivity index (χ4v) is 2.88. The molecule has 7 heteroatoms. The molecule has 7 nitrogen and oxygen atoms in total. The van der Waals surface area contributed by atoms with Gasteiger partial charge in [0.05, 0.1) is 11.6 Å². The van der Waals surface area contributed by atoms with E-state index in [0.717, 1.165) is 17.5 Å². The first-order chi connectivity index (χ1) is 14.3. The van der Waals surface area contributed by atoms with Crippen LogP contribution in [0.25, 0.3) is 0 Å². The zero-order chi connectivity index (χ0) is 22.3. The first-order valence-corrected chi connectivity index (χ1v) is 9.65. The van der Waals surface area contributed by atoms with Crippen LogP contribution in [0, 0.1) is 5.41 Å². The molecule has 0 heterocycles. The molecule has 1 amide bonds. The molecule has 0 fully saturated rings. The molecule has 1 atom stereocenters. The standard InChI is InChI=1S/C23H27N3O4/c1-5-16-7-6-8-19(13-16)30-22(25-4)20(14(2)24)21(27)26-15(3)17-9-11-18(12-10-17)23(28)29/h6-13,15,24-25H,5H2,1-4H3,(H,26,27)(H,28,29)/b22-20-,24-14?. The molecule has 0 aliphatic heterocycles. The molecule has 0 saturated heterocycles. The molecule has 0 aromatic heterocycles. The van der Waals surface area contributed by atoms with Crippen molar-refractivity contribution in [3.63, 3.8) is 0 Å². The largest absolute Gasteiger partial charge is 0.478 e. The second-order valence-electron chi connectivity index (χ2n) is 6.80. The van der Waals surface area contributed by atoms with Gasteiger partial charge in [0.1, 0.15) is 11.3 Å². The fourth-order valence-electron chi connectivity index (χ4n) is 2.88. The molecule has 2 aromatic rings. The lowest BCUT2D eigenvalue weighted by Gasteiger charge is -2.19. The quantitative estimate of drug-likeness (QED) is 0.287. The first kappa shape index (κ1) is 22.7. The Balaban J connectivity index is 2.26. The van der Waals surface area contributed by atoms with Crippen molar-refractivity contribution >= 4 is 17.6 Å². The molecule has 158 valence electrons. The Hall–Kier alpha value is -3.61. The maximum atomic E-state index is 12.9. The average Bonchev–Trinajstić information content (AvgIpc) is 2.73. The number of hydrogen-bond donors (Lipinski definition) is 4. The van der Waals surface area contributed by atoms with Gasteiger partial charge in [-0.3, -0.25) is 4.79 Å². The number of nitrogens with one attached hydrogen (secondary N) is 3. The number of aryl methyl sites for hydroxylation is 1. The van der Waals surface area contributed by atoms with Crippen molar-refractivity contribution in [1.29, 1.82) is 5.41 Å². The van der Waals surface area contributed by atoms with Gasteiger partial charge in [-0.15, -0.1) is 0 Å². The molecular formula is C23H27N3O4. The second-order valence-corrected chi connectivity index (χ2v) is 6.80. The fraction of sp³-hybridized carbons (Fsp3) is 0.261. The molecule has 0 saturated carbocycles. The molecule has 2 rings (SSSR count). The van der Waals surface area contributed by atoms with E-state index in [1.807, 2.05) is 25.1 Å². The number of carbonyl (C=O) groups excluding carboxylic acids is 1. The van der Waals surface area contributed by atoms with Crippen molar-refractivity contribution in [2.24, 2.45) is 0 Å². The molecule has 0 spiro atoms. The van der Waals surface area contributed by atoms with E-state index >= 15 is 0 Å². The molecule has 0 bridgehead atoms. The SMILES string of the molecule is CCc1cccc(O/C(NC)=C(/C(C)=N)C(=O)NC(C)c2ccc(C(=O)O)cc2)c1. The van der Waals surface area contributed by atoms with Gasteiger partial charge in [0.2, 0.25) is 5.88 Å². The van der Waals surface area contributed by atoms with Crippen LogP contribution in [0.5, 0.6) is 5.75 Å². The summed E-state index contributed by atoms with van der Waals surface area (Å²) < 4.78 is 5.88. The highest BCUT2D eigenvalue weighted by molar-refractivity contribution is 6.20. The summed E-state index contributed by atoms with van der Waals surface area (Å²) in [6.07, 6.45) is 0.852. The van der Waals surface area contributed by atoms with Gasteiger partial charge in [-0.05, 0) is 55.7 Å². The van der Waals surface area contributed by atoms with Crippen molar-refractivity contribution in [2.75, 3.05) is 7.05 Å². The predicted octanol–water partition coefficient (Wildman–Crippen LogP) is 3.67. The van der Waals surface area contributed by atoms with Crippen LogP contribution in [0.1, 0.15) is 48.3 Å². The maximum absolute atomic E-state index is 12.9. The highest BCUT2D eigenvalue weighted by Gasteiger charge is 2.21. The molecular weight excluding hydrogens is 382 g/mol. The van der Waals surface area contributed by atoms with Crippen LogP contribution in [-0.2, 0) is 11.2 Å². The number of aromatic carboxylic acids is 1. The van der Waals surface area contributed by atoms with Gasteiger partial charge >= 0.3 is 5.97 Å². The second kappa shape index (κ2) is 10.2. The van der Waals surface area contributed by atoms with Crippen molar-refractivity contribution < 1.29 is 19.4 Å². The van der Waals surface area contributed by atoms with E-state index in [-0.39, 0.29) is 22.7 Å². The summed E-state index contributed by atoms with van der Waals surface area (Å²) in [6, 6.07) is 13.4. The normalized spacial score (nSPS) is 12.4. The smallest absolute Gasteiger partial charge is 0.335 e. The summed E-state index contributed by atoms with van der Waals surface area (Å²) in [4.78, 5) is 23.9. The number of carbonyl (C=O) groups is 2. The summed E-state index contributed by atoms with van der Waals surface area (Å²) in [7, 11) is 1.63. The summed E-state index contributed by atoms with van der Waals surface area (Å²) in [5.74, 6) is -0.719. The number of rotatable bonds is 9. The minimum absolute atomic E-state index is 0.0527. The van der Waals surface area contributed by atoms with E-state index in [4.69, 9.17) is 15.3 Å². The van der Waals surface area contributed by atoms with Crippen LogP contribution in [-0.4, -0.2) is 29.7 Å². The first-order valence-electron chi connectivity index (χ1n) is 9.65. The molecule has 4 N–H and O–H groups in total. The molecule has 2 aromatic carbocycles. The third-order valence-corrected chi connectivity index (χ3v) is 4.59. The van der Waals surface area contributed by atoms with Crippen LogP contribution in [0.3, 0.4) is 0 Å². The van der Waals surface area contributed by atoms with E-state index in [2.05, 4.69) is 10.6 Å². The predicted molar refractivity (Wildman–Crippen MR) is 116 cm³/mol. The van der Waals surface area contributed by atoms with Gasteiger partial charge in [0.15, 0.2) is 0 Å². The van der Waals surface area contributed by atoms with E-state index in [9.17, 15) is 9.59 Å². The molecule has 1 unspecified atom stereocenters. The van der Waals surface area contributed by atoms with Gasteiger partial charge in [-0.25, -0.2) is 4.79 Å². The Morgan fingerprint density at radius 3 is 2.37 bits per heavy atom. The van der Waals surface area contributed by atoms with Gasteiger partial charge in [-0.1, -0.05) is 31.2 Å². The number of benzene rings is 2. The summed E-state index contributed by atoms with van der Waals surface area (Å²) in [6.45, 7) is 5.35. The lowest BCUT2D eigenvalue weighted by atomic mass is 10.0. The Morgan fingerprint density at radius 2 is 1.83 bits per heavy atom. The summed E-state index contributed by atoms with van der Waals surface area (Å²) >= 11 is 0. The van der Waals surface area contributed by atoms with Crippen LogP contribution in [0.15, 0.2) is 60.0 Å². The minimum atomic E-state index is -1.01. The minimum Gasteiger partial charge on any atom is -0.478 e. The summed E-state index contributed by atoms with van der Waals surface area (Å²) in [5, 5.41) is 22.8. The lowest BCUT2D eigenvalue weighted by Crippen LogP contribution is -2.33. The number of carboxylic acid groups (broad SMARTS) is 1. The van der Waals surface area contributed by atoms with Crippen LogP contribution >= 0.6 is 0 Å². The summed E-state index contributed by atoms with van der Waals surface area (Å²) in [5.41, 5.74) is 2.16. The highest BCUT2D eigenvalue weighted by Crippen LogP contribution is 2.19. The van der Waals surface area contributed by atoms with Crippen molar-refractivity contribution in [3.05, 3.63) is 76.7 Å². The zero-order valence-electron chi connectivity index (χ0n) is 17.6. The van der Waals surface area contributed by atoms with Gasteiger partial charge in [0, 0.05) is 12.8 Å². The Labute approximate surface area is 176 Å². The topological polar surface area (TPSA) is 112 Å². The molecule has 0 radical (unpaired) electrons. The number of amides is 1. The van der Waals surface area contributed by atoms with Crippen molar-refractivity contribution in [2.45, 2.75) is 33.2 Å². The van der Waals surface area contributed by atoms with Crippen LogP contribution in [0.2, 0.25) is 0 Å². The number of carboxylic acids is 1. The van der Waals surface area contributed by atoms with Gasteiger partial charge < -0.3 is 25.9 Å².